The van der Waals surface area contributed by atoms with E-state index in [9.17, 15) is 9.59 Å². The second kappa shape index (κ2) is 6.62. The maximum atomic E-state index is 12.3. The smallest absolute Gasteiger partial charge is 0.327 e. The molecule has 0 radical (unpaired) electrons. The lowest BCUT2D eigenvalue weighted by Crippen LogP contribution is -2.56. The molecular formula is C14H21N3O3S. The summed E-state index contributed by atoms with van der Waals surface area (Å²) < 4.78 is 5.00. The number of rotatable bonds is 7. The zero-order chi connectivity index (χ0) is 15.5. The number of ether oxygens (including phenoxy) is 1. The Morgan fingerprint density at radius 1 is 1.62 bits per heavy atom. The molecule has 0 bridgehead atoms. The summed E-state index contributed by atoms with van der Waals surface area (Å²) in [5.41, 5.74) is -0.209. The van der Waals surface area contributed by atoms with Crippen molar-refractivity contribution in [3.8, 4) is 0 Å². The average molecular weight is 311 g/mol. The van der Waals surface area contributed by atoms with Gasteiger partial charge in [-0.05, 0) is 32.2 Å². The van der Waals surface area contributed by atoms with Crippen molar-refractivity contribution < 1.29 is 9.53 Å². The minimum atomic E-state index is -0.698. The minimum absolute atomic E-state index is 0.177. The Morgan fingerprint density at radius 2 is 2.33 bits per heavy atom. The van der Waals surface area contributed by atoms with Crippen LogP contribution in [-0.4, -0.2) is 40.9 Å². The van der Waals surface area contributed by atoms with Crippen LogP contribution in [0.3, 0.4) is 0 Å². The van der Waals surface area contributed by atoms with Crippen LogP contribution >= 0.6 is 11.8 Å². The Kier molecular flexibility index (Phi) is 5.05. The van der Waals surface area contributed by atoms with Crippen molar-refractivity contribution in [3.63, 3.8) is 0 Å². The van der Waals surface area contributed by atoms with Crippen LogP contribution in [0.1, 0.15) is 25.5 Å². The van der Waals surface area contributed by atoms with E-state index in [1.54, 1.807) is 6.92 Å². The molecule has 1 aliphatic rings. The summed E-state index contributed by atoms with van der Waals surface area (Å²) in [6.07, 6.45) is 2.03. The molecule has 1 atom stereocenters. The number of hydrogen-bond donors (Lipinski definition) is 2. The van der Waals surface area contributed by atoms with Gasteiger partial charge >= 0.3 is 5.97 Å². The highest BCUT2D eigenvalue weighted by Crippen LogP contribution is 2.42. The number of nitrogens with one attached hydrogen (secondary N) is 2. The molecule has 0 saturated heterocycles. The lowest BCUT2D eigenvalue weighted by molar-refractivity contribution is -0.148. The number of H-pyrrole nitrogens is 1. The molecule has 0 spiro atoms. The van der Waals surface area contributed by atoms with E-state index in [0.717, 1.165) is 12.8 Å². The third-order valence-corrected chi connectivity index (χ3v) is 4.67. The maximum Gasteiger partial charge on any atom is 0.327 e. The standard InChI is InChI=1S/C14H21N3O3S/c1-4-15-14(10-5-6-10,12(19)20-3)8-21-13-16-9(2)7-11(18)17-13/h7,10,15H,4-6,8H2,1-3H3,(H,16,17,18). The van der Waals surface area contributed by atoms with Gasteiger partial charge in [0.1, 0.15) is 5.54 Å². The first kappa shape index (κ1) is 16.0. The van der Waals surface area contributed by atoms with Crippen molar-refractivity contribution in [3.05, 3.63) is 22.1 Å². The highest BCUT2D eigenvalue weighted by atomic mass is 32.2. The van der Waals surface area contributed by atoms with Crippen LogP contribution in [0.25, 0.3) is 0 Å². The molecule has 21 heavy (non-hydrogen) atoms. The maximum absolute atomic E-state index is 12.3. The number of methoxy groups -OCH3 is 1. The normalized spacial score (nSPS) is 17.3. The zero-order valence-corrected chi connectivity index (χ0v) is 13.4. The largest absolute Gasteiger partial charge is 0.468 e. The first-order valence-corrected chi connectivity index (χ1v) is 8.04. The first-order valence-electron chi connectivity index (χ1n) is 7.06. The molecule has 2 N–H and O–H groups in total. The number of hydrogen-bond acceptors (Lipinski definition) is 6. The first-order chi connectivity index (χ1) is 10.0. The fourth-order valence-corrected chi connectivity index (χ4v) is 3.69. The summed E-state index contributed by atoms with van der Waals surface area (Å²) in [5.74, 6) is 0.535. The van der Waals surface area contributed by atoms with Gasteiger partial charge in [0.15, 0.2) is 5.16 Å². The highest BCUT2D eigenvalue weighted by Gasteiger charge is 2.51. The van der Waals surface area contributed by atoms with Crippen molar-refractivity contribution >= 4 is 17.7 Å². The molecule has 1 heterocycles. The van der Waals surface area contributed by atoms with Gasteiger partial charge in [-0.2, -0.15) is 0 Å². The van der Waals surface area contributed by atoms with Gasteiger partial charge in [-0.3, -0.25) is 9.59 Å². The van der Waals surface area contributed by atoms with E-state index < -0.39 is 5.54 Å². The molecule has 1 fully saturated rings. The number of nitrogens with zero attached hydrogens (tertiary/aromatic N) is 1. The van der Waals surface area contributed by atoms with Crippen molar-refractivity contribution in [1.82, 2.24) is 15.3 Å². The van der Waals surface area contributed by atoms with Gasteiger partial charge in [0.2, 0.25) is 0 Å². The summed E-state index contributed by atoms with van der Waals surface area (Å²) in [6.45, 7) is 4.43. The lowest BCUT2D eigenvalue weighted by Gasteiger charge is -2.31. The van der Waals surface area contributed by atoms with Gasteiger partial charge in [0.05, 0.1) is 7.11 Å². The Morgan fingerprint density at radius 3 is 2.86 bits per heavy atom. The predicted molar refractivity (Wildman–Crippen MR) is 81.5 cm³/mol. The number of aromatic amines is 1. The molecule has 1 aromatic rings. The molecule has 1 saturated carbocycles. The fourth-order valence-electron chi connectivity index (χ4n) is 2.49. The number of carbonyl (C=O) groups is 1. The van der Waals surface area contributed by atoms with Gasteiger partial charge in [-0.15, -0.1) is 0 Å². The van der Waals surface area contributed by atoms with Crippen molar-refractivity contribution in [2.75, 3.05) is 19.4 Å². The van der Waals surface area contributed by atoms with E-state index in [1.165, 1.54) is 24.9 Å². The quantitative estimate of drug-likeness (QED) is 0.446. The Labute approximate surface area is 128 Å². The SMILES string of the molecule is CCNC(CSc1nc(C)cc(=O)[nH]1)(C(=O)OC)C1CC1. The highest BCUT2D eigenvalue weighted by molar-refractivity contribution is 7.99. The summed E-state index contributed by atoms with van der Waals surface area (Å²) in [4.78, 5) is 30.7. The average Bonchev–Trinajstić information content (AvgIpc) is 3.26. The number of aromatic nitrogens is 2. The van der Waals surface area contributed by atoms with Crippen molar-refractivity contribution in [1.29, 1.82) is 0 Å². The van der Waals surface area contributed by atoms with Crippen LogP contribution in [0.4, 0.5) is 0 Å². The number of thioether (sulfide) groups is 1. The molecule has 0 aliphatic heterocycles. The van der Waals surface area contributed by atoms with E-state index in [4.69, 9.17) is 4.74 Å². The number of esters is 1. The molecular weight excluding hydrogens is 290 g/mol. The number of aryl methyl sites for hydroxylation is 1. The van der Waals surface area contributed by atoms with E-state index >= 15 is 0 Å². The zero-order valence-electron chi connectivity index (χ0n) is 12.6. The molecule has 0 aromatic carbocycles. The molecule has 116 valence electrons. The van der Waals surface area contributed by atoms with Crippen LogP contribution in [0.15, 0.2) is 16.0 Å². The number of carbonyl (C=O) groups excluding carboxylic acids is 1. The van der Waals surface area contributed by atoms with Crippen LogP contribution in [0.5, 0.6) is 0 Å². The van der Waals surface area contributed by atoms with Gasteiger partial charge < -0.3 is 15.0 Å². The summed E-state index contributed by atoms with van der Waals surface area (Å²) in [7, 11) is 1.41. The number of likely N-dealkylation sites (N-methyl/N-ethyl adjacent to an activating group) is 1. The third kappa shape index (κ3) is 3.65. The van der Waals surface area contributed by atoms with E-state index in [1.807, 2.05) is 6.92 Å². The van der Waals surface area contributed by atoms with Crippen LogP contribution in [-0.2, 0) is 9.53 Å². The Hall–Kier alpha value is -1.34. The van der Waals surface area contributed by atoms with Crippen LogP contribution in [0.2, 0.25) is 0 Å². The molecule has 1 aromatic heterocycles. The Bertz CT molecular complexity index is 571. The summed E-state index contributed by atoms with van der Waals surface area (Å²) >= 11 is 1.38. The monoisotopic (exact) mass is 311 g/mol. The minimum Gasteiger partial charge on any atom is -0.468 e. The molecule has 1 unspecified atom stereocenters. The molecule has 0 amide bonds. The second-order valence-electron chi connectivity index (χ2n) is 5.25. The van der Waals surface area contributed by atoms with Gasteiger partial charge in [-0.25, -0.2) is 4.98 Å². The van der Waals surface area contributed by atoms with E-state index in [-0.39, 0.29) is 17.4 Å². The van der Waals surface area contributed by atoms with Crippen LogP contribution < -0.4 is 10.9 Å². The van der Waals surface area contributed by atoms with E-state index in [0.29, 0.717) is 23.1 Å². The lowest BCUT2D eigenvalue weighted by atomic mass is 9.95. The van der Waals surface area contributed by atoms with Crippen molar-refractivity contribution in [2.24, 2.45) is 5.92 Å². The molecule has 6 nitrogen and oxygen atoms in total. The van der Waals surface area contributed by atoms with Gasteiger partial charge in [0.25, 0.3) is 5.56 Å². The summed E-state index contributed by atoms with van der Waals surface area (Å²) in [5, 5.41) is 3.83. The van der Waals surface area contributed by atoms with E-state index in [2.05, 4.69) is 15.3 Å². The fraction of sp³-hybridized carbons (Fsp3) is 0.643. The van der Waals surface area contributed by atoms with Gasteiger partial charge in [-0.1, -0.05) is 18.7 Å². The third-order valence-electron chi connectivity index (χ3n) is 3.60. The van der Waals surface area contributed by atoms with Crippen LogP contribution in [0, 0.1) is 12.8 Å². The second-order valence-corrected chi connectivity index (χ2v) is 6.21. The molecule has 7 heteroatoms. The van der Waals surface area contributed by atoms with Gasteiger partial charge in [0, 0.05) is 17.5 Å². The molecule has 1 aliphatic carbocycles. The van der Waals surface area contributed by atoms with Crippen molar-refractivity contribution in [2.45, 2.75) is 37.4 Å². The Balaban J connectivity index is 2.18. The summed E-state index contributed by atoms with van der Waals surface area (Å²) in [6, 6.07) is 1.45. The predicted octanol–water partition coefficient (Wildman–Crippen LogP) is 1.10. The topological polar surface area (TPSA) is 84.1 Å². The molecule has 2 rings (SSSR count).